The van der Waals surface area contributed by atoms with Crippen molar-refractivity contribution in [1.82, 2.24) is 0 Å². The van der Waals surface area contributed by atoms with Gasteiger partial charge in [-0.1, -0.05) is 11.6 Å². The highest BCUT2D eigenvalue weighted by molar-refractivity contribution is 9.10. The lowest BCUT2D eigenvalue weighted by atomic mass is 10.2. The van der Waals surface area contributed by atoms with Gasteiger partial charge in [0.25, 0.3) is 5.91 Å². The highest BCUT2D eigenvalue weighted by Gasteiger charge is 2.16. The van der Waals surface area contributed by atoms with E-state index in [0.717, 1.165) is 0 Å². The molecular weight excluding hydrogens is 333 g/mol. The summed E-state index contributed by atoms with van der Waals surface area (Å²) in [6.45, 7) is 0. The predicted octanol–water partition coefficient (Wildman–Crippen LogP) is 4.52. The van der Waals surface area contributed by atoms with Crippen LogP contribution in [0.15, 0.2) is 46.9 Å². The average Bonchev–Trinajstić information content (AvgIpc) is 2.38. The number of hydrogen-bond acceptors (Lipinski definition) is 1. The largest absolute Gasteiger partial charge is 0.311 e. The third-order valence-electron chi connectivity index (χ3n) is 2.68. The molecule has 0 fully saturated rings. The zero-order chi connectivity index (χ0) is 14.0. The lowest BCUT2D eigenvalue weighted by Crippen LogP contribution is -2.26. The van der Waals surface area contributed by atoms with Gasteiger partial charge in [0.2, 0.25) is 0 Å². The molecule has 0 heterocycles. The predicted molar refractivity (Wildman–Crippen MR) is 78.3 cm³/mol. The first-order valence-electron chi connectivity index (χ1n) is 5.47. The summed E-state index contributed by atoms with van der Waals surface area (Å²) in [7, 11) is 1.64. The third kappa shape index (κ3) is 3.14. The van der Waals surface area contributed by atoms with E-state index < -0.39 is 0 Å². The summed E-state index contributed by atoms with van der Waals surface area (Å²) in [4.78, 5) is 13.8. The van der Waals surface area contributed by atoms with Crippen molar-refractivity contribution in [3.63, 3.8) is 0 Å². The van der Waals surface area contributed by atoms with Gasteiger partial charge in [-0.3, -0.25) is 4.79 Å². The molecule has 19 heavy (non-hydrogen) atoms. The van der Waals surface area contributed by atoms with Crippen molar-refractivity contribution in [2.75, 3.05) is 11.9 Å². The molecule has 0 saturated heterocycles. The Kier molecular flexibility index (Phi) is 4.22. The quantitative estimate of drug-likeness (QED) is 0.786. The Morgan fingerprint density at radius 3 is 2.42 bits per heavy atom. The average molecular weight is 343 g/mol. The van der Waals surface area contributed by atoms with Crippen LogP contribution >= 0.6 is 27.5 Å². The minimum absolute atomic E-state index is 0.199. The first kappa shape index (κ1) is 14.0. The van der Waals surface area contributed by atoms with Crippen LogP contribution in [0, 0.1) is 5.82 Å². The van der Waals surface area contributed by atoms with Crippen LogP contribution < -0.4 is 4.90 Å². The lowest BCUT2D eigenvalue weighted by Gasteiger charge is -2.18. The maximum atomic E-state index is 12.9. The van der Waals surface area contributed by atoms with Gasteiger partial charge < -0.3 is 4.90 Å². The molecule has 0 bridgehead atoms. The second kappa shape index (κ2) is 5.72. The fraction of sp³-hybridized carbons (Fsp3) is 0.0714. The Bertz CT molecular complexity index is 615. The first-order chi connectivity index (χ1) is 8.99. The summed E-state index contributed by atoms with van der Waals surface area (Å²) in [6, 6.07) is 10.7. The molecule has 0 N–H and O–H groups in total. The molecule has 0 aliphatic rings. The van der Waals surface area contributed by atoms with Gasteiger partial charge in [0.15, 0.2) is 0 Å². The summed E-state index contributed by atoms with van der Waals surface area (Å²) >= 11 is 9.15. The number of carbonyl (C=O) groups is 1. The Balaban J connectivity index is 2.30. The van der Waals surface area contributed by atoms with Gasteiger partial charge in [0.1, 0.15) is 5.82 Å². The minimum atomic E-state index is -0.336. The van der Waals surface area contributed by atoms with Gasteiger partial charge in [0, 0.05) is 22.2 Å². The SMILES string of the molecule is CN(C(=O)c1ccc(Cl)cc1Br)c1ccc(F)cc1. The number of halogens is 3. The molecule has 2 rings (SSSR count). The molecule has 0 saturated carbocycles. The van der Waals surface area contributed by atoms with Crippen molar-refractivity contribution in [3.05, 3.63) is 63.3 Å². The van der Waals surface area contributed by atoms with E-state index in [1.165, 1.54) is 17.0 Å². The van der Waals surface area contributed by atoms with Crippen molar-refractivity contribution in [1.29, 1.82) is 0 Å². The Morgan fingerprint density at radius 1 is 1.21 bits per heavy atom. The maximum absolute atomic E-state index is 12.9. The molecule has 0 radical (unpaired) electrons. The van der Waals surface area contributed by atoms with Gasteiger partial charge in [-0.05, 0) is 58.4 Å². The lowest BCUT2D eigenvalue weighted by molar-refractivity contribution is 0.0992. The normalized spacial score (nSPS) is 10.3. The second-order valence-electron chi connectivity index (χ2n) is 3.96. The molecule has 0 atom stereocenters. The van der Waals surface area contributed by atoms with E-state index in [9.17, 15) is 9.18 Å². The van der Waals surface area contributed by atoms with E-state index in [1.54, 1.807) is 37.4 Å². The summed E-state index contributed by atoms with van der Waals surface area (Å²) in [6.07, 6.45) is 0. The fourth-order valence-electron chi connectivity index (χ4n) is 1.63. The van der Waals surface area contributed by atoms with Crippen molar-refractivity contribution < 1.29 is 9.18 Å². The van der Waals surface area contributed by atoms with Crippen LogP contribution in [0.3, 0.4) is 0 Å². The number of amides is 1. The van der Waals surface area contributed by atoms with E-state index in [2.05, 4.69) is 15.9 Å². The smallest absolute Gasteiger partial charge is 0.259 e. The molecule has 98 valence electrons. The van der Waals surface area contributed by atoms with Crippen LogP contribution in [0.1, 0.15) is 10.4 Å². The van der Waals surface area contributed by atoms with Gasteiger partial charge in [0.05, 0.1) is 5.56 Å². The summed E-state index contributed by atoms with van der Waals surface area (Å²) in [5, 5.41) is 0.549. The Hall–Kier alpha value is -1.39. The van der Waals surface area contributed by atoms with Gasteiger partial charge in [-0.15, -0.1) is 0 Å². The molecule has 2 aromatic carbocycles. The van der Waals surface area contributed by atoms with Gasteiger partial charge in [-0.2, -0.15) is 0 Å². The topological polar surface area (TPSA) is 20.3 Å². The number of hydrogen-bond donors (Lipinski definition) is 0. The maximum Gasteiger partial charge on any atom is 0.259 e. The van der Waals surface area contributed by atoms with E-state index in [0.29, 0.717) is 20.7 Å². The van der Waals surface area contributed by atoms with E-state index >= 15 is 0 Å². The monoisotopic (exact) mass is 341 g/mol. The van der Waals surface area contributed by atoms with Crippen molar-refractivity contribution in [2.45, 2.75) is 0 Å². The van der Waals surface area contributed by atoms with E-state index in [-0.39, 0.29) is 11.7 Å². The highest BCUT2D eigenvalue weighted by Crippen LogP contribution is 2.24. The number of carbonyl (C=O) groups excluding carboxylic acids is 1. The van der Waals surface area contributed by atoms with Crippen LogP contribution in [0.25, 0.3) is 0 Å². The molecular formula is C14H10BrClFNO. The molecule has 0 aliphatic carbocycles. The van der Waals surface area contributed by atoms with Crippen LogP contribution in [0.4, 0.5) is 10.1 Å². The molecule has 0 unspecified atom stereocenters. The summed E-state index contributed by atoms with van der Waals surface area (Å²) < 4.78 is 13.5. The number of rotatable bonds is 2. The van der Waals surface area contributed by atoms with Gasteiger partial charge in [-0.25, -0.2) is 4.39 Å². The van der Waals surface area contributed by atoms with Crippen molar-refractivity contribution in [2.24, 2.45) is 0 Å². The van der Waals surface area contributed by atoms with E-state index in [4.69, 9.17) is 11.6 Å². The Labute approximate surface area is 123 Å². The Morgan fingerprint density at radius 2 is 1.84 bits per heavy atom. The molecule has 2 nitrogen and oxygen atoms in total. The van der Waals surface area contributed by atoms with Crippen LogP contribution in [-0.4, -0.2) is 13.0 Å². The zero-order valence-corrected chi connectivity index (χ0v) is 12.4. The summed E-state index contributed by atoms with van der Waals surface area (Å²) in [5.41, 5.74) is 1.12. The first-order valence-corrected chi connectivity index (χ1v) is 6.65. The molecule has 0 spiro atoms. The third-order valence-corrected chi connectivity index (χ3v) is 3.57. The van der Waals surface area contributed by atoms with E-state index in [1.807, 2.05) is 0 Å². The summed E-state index contributed by atoms with van der Waals surface area (Å²) in [5.74, 6) is -0.535. The van der Waals surface area contributed by atoms with Crippen LogP contribution in [-0.2, 0) is 0 Å². The highest BCUT2D eigenvalue weighted by atomic mass is 79.9. The molecule has 0 aromatic heterocycles. The molecule has 5 heteroatoms. The number of benzene rings is 2. The molecule has 2 aromatic rings. The minimum Gasteiger partial charge on any atom is -0.311 e. The zero-order valence-electron chi connectivity index (χ0n) is 10.0. The van der Waals surface area contributed by atoms with Crippen molar-refractivity contribution in [3.8, 4) is 0 Å². The van der Waals surface area contributed by atoms with Crippen molar-refractivity contribution >= 4 is 39.1 Å². The number of nitrogens with zero attached hydrogens (tertiary/aromatic N) is 1. The van der Waals surface area contributed by atoms with Crippen LogP contribution in [0.2, 0.25) is 5.02 Å². The van der Waals surface area contributed by atoms with Gasteiger partial charge >= 0.3 is 0 Å². The standard InChI is InChI=1S/C14H10BrClFNO/c1-18(11-5-3-10(17)4-6-11)14(19)12-7-2-9(16)8-13(12)15/h2-8H,1H3. The molecule has 0 aliphatic heterocycles. The number of anilines is 1. The second-order valence-corrected chi connectivity index (χ2v) is 5.26. The van der Waals surface area contributed by atoms with Crippen LogP contribution in [0.5, 0.6) is 0 Å². The fourth-order valence-corrected chi connectivity index (χ4v) is 2.48. The molecule has 1 amide bonds.